The third-order valence-corrected chi connectivity index (χ3v) is 5.99. The molecule has 0 aliphatic heterocycles. The van der Waals surface area contributed by atoms with Gasteiger partial charge in [0.1, 0.15) is 6.10 Å². The summed E-state index contributed by atoms with van der Waals surface area (Å²) in [4.78, 5) is 0. The van der Waals surface area contributed by atoms with Crippen molar-refractivity contribution < 1.29 is 24.4 Å². The van der Waals surface area contributed by atoms with Crippen LogP contribution in [0, 0.1) is 6.92 Å². The van der Waals surface area contributed by atoms with E-state index in [1.807, 2.05) is 0 Å². The zero-order chi connectivity index (χ0) is 23.0. The van der Waals surface area contributed by atoms with E-state index in [0.29, 0.717) is 19.4 Å². The Balaban J connectivity index is 3.43. The molecule has 2 N–H and O–H groups in total. The van der Waals surface area contributed by atoms with Crippen LogP contribution in [-0.4, -0.2) is 55.6 Å². The fourth-order valence-electron chi connectivity index (χ4n) is 3.78. The summed E-state index contributed by atoms with van der Waals surface area (Å²) < 4.78 is 16.9. The molecular formula is C26H53O5. The largest absolute Gasteiger partial charge is 0.394 e. The highest BCUT2D eigenvalue weighted by atomic mass is 16.7. The van der Waals surface area contributed by atoms with Gasteiger partial charge in [-0.1, -0.05) is 90.4 Å². The summed E-state index contributed by atoms with van der Waals surface area (Å²) in [6.45, 7) is 7.38. The van der Waals surface area contributed by atoms with Crippen LogP contribution in [0.1, 0.15) is 116 Å². The summed E-state index contributed by atoms with van der Waals surface area (Å²) >= 11 is 0. The van der Waals surface area contributed by atoms with Crippen molar-refractivity contribution in [1.29, 1.82) is 0 Å². The molecule has 0 saturated heterocycles. The summed E-state index contributed by atoms with van der Waals surface area (Å²) in [6, 6.07) is 0. The highest BCUT2D eigenvalue weighted by molar-refractivity contribution is 4.72. The van der Waals surface area contributed by atoms with Gasteiger partial charge < -0.3 is 24.4 Å². The third kappa shape index (κ3) is 19.0. The van der Waals surface area contributed by atoms with Crippen LogP contribution in [-0.2, 0) is 14.2 Å². The normalized spacial score (nSPS) is 14.6. The molecule has 0 saturated carbocycles. The van der Waals surface area contributed by atoms with Gasteiger partial charge in [0, 0.05) is 33.2 Å². The van der Waals surface area contributed by atoms with Gasteiger partial charge in [-0.25, -0.2) is 0 Å². The van der Waals surface area contributed by atoms with Gasteiger partial charge in [-0.3, -0.25) is 0 Å². The van der Waals surface area contributed by atoms with Crippen LogP contribution in [0.4, 0.5) is 0 Å². The van der Waals surface area contributed by atoms with Gasteiger partial charge in [0.15, 0.2) is 5.79 Å². The Morgan fingerprint density at radius 2 is 1.26 bits per heavy atom. The number of unbranched alkanes of at least 4 members (excludes halogenated alkanes) is 13. The Kier molecular flexibility index (Phi) is 22.8. The van der Waals surface area contributed by atoms with E-state index in [9.17, 15) is 5.11 Å². The summed E-state index contributed by atoms with van der Waals surface area (Å²) in [5, 5.41) is 18.4. The first kappa shape index (κ1) is 30.8. The zero-order valence-electron chi connectivity index (χ0n) is 20.8. The van der Waals surface area contributed by atoms with Gasteiger partial charge in [-0.2, -0.15) is 0 Å². The SMILES string of the molecule is [CH2]CC(CCCOCCCCCCCCCCCCCCCC)(OC)OCC(O)CO. The van der Waals surface area contributed by atoms with Crippen molar-refractivity contribution >= 4 is 0 Å². The summed E-state index contributed by atoms with van der Waals surface area (Å²) in [5.74, 6) is -0.811. The van der Waals surface area contributed by atoms with Crippen molar-refractivity contribution in [3.05, 3.63) is 6.92 Å². The predicted molar refractivity (Wildman–Crippen MR) is 129 cm³/mol. The van der Waals surface area contributed by atoms with E-state index in [-0.39, 0.29) is 13.2 Å². The lowest BCUT2D eigenvalue weighted by Crippen LogP contribution is -2.38. The maximum Gasteiger partial charge on any atom is 0.168 e. The molecule has 1 radical (unpaired) electrons. The highest BCUT2D eigenvalue weighted by Crippen LogP contribution is 2.23. The summed E-state index contributed by atoms with van der Waals surface area (Å²) in [6.07, 6.45) is 20.2. The minimum Gasteiger partial charge on any atom is -0.394 e. The number of rotatable bonds is 25. The molecule has 0 aliphatic rings. The summed E-state index contributed by atoms with van der Waals surface area (Å²) in [7, 11) is 1.59. The second-order valence-electron chi connectivity index (χ2n) is 8.82. The molecule has 0 aliphatic carbocycles. The van der Waals surface area contributed by atoms with E-state index in [2.05, 4.69) is 13.8 Å². The fourth-order valence-corrected chi connectivity index (χ4v) is 3.78. The molecule has 0 aromatic carbocycles. The maximum atomic E-state index is 9.46. The van der Waals surface area contributed by atoms with Crippen molar-refractivity contribution in [3.8, 4) is 0 Å². The Morgan fingerprint density at radius 1 is 0.774 bits per heavy atom. The first-order valence-corrected chi connectivity index (χ1v) is 13.0. The molecular weight excluding hydrogens is 392 g/mol. The lowest BCUT2D eigenvalue weighted by Gasteiger charge is -2.32. The number of hydrogen-bond donors (Lipinski definition) is 2. The number of aliphatic hydroxyl groups excluding tert-OH is 2. The first-order valence-electron chi connectivity index (χ1n) is 13.0. The van der Waals surface area contributed by atoms with Gasteiger partial charge in [0.2, 0.25) is 0 Å². The fraction of sp³-hybridized carbons (Fsp3) is 0.962. The van der Waals surface area contributed by atoms with E-state index in [1.54, 1.807) is 7.11 Å². The Morgan fingerprint density at radius 3 is 1.71 bits per heavy atom. The van der Waals surface area contributed by atoms with E-state index in [4.69, 9.17) is 19.3 Å². The van der Waals surface area contributed by atoms with Gasteiger partial charge in [-0.05, 0) is 19.8 Å². The van der Waals surface area contributed by atoms with Gasteiger partial charge in [0.25, 0.3) is 0 Å². The predicted octanol–water partition coefficient (Wildman–Crippen LogP) is 6.20. The number of hydrogen-bond acceptors (Lipinski definition) is 5. The average molecular weight is 446 g/mol. The zero-order valence-corrected chi connectivity index (χ0v) is 20.8. The second kappa shape index (κ2) is 23.0. The standard InChI is InChI=1S/C26H53O5/c1-4-6-7-8-9-10-11-12-13-14-15-16-17-18-21-30-22-19-20-26(5-2,29-3)31-24-25(28)23-27/h25,27-28H,2,4-24H2,1,3H3. The molecule has 5 heteroatoms. The van der Waals surface area contributed by atoms with Crippen LogP contribution >= 0.6 is 0 Å². The van der Waals surface area contributed by atoms with E-state index in [0.717, 1.165) is 19.4 Å². The molecule has 2 atom stereocenters. The van der Waals surface area contributed by atoms with Gasteiger partial charge >= 0.3 is 0 Å². The van der Waals surface area contributed by atoms with Crippen LogP contribution in [0.15, 0.2) is 0 Å². The molecule has 31 heavy (non-hydrogen) atoms. The molecule has 0 heterocycles. The van der Waals surface area contributed by atoms with Crippen LogP contribution < -0.4 is 0 Å². The number of methoxy groups -OCH3 is 1. The van der Waals surface area contributed by atoms with E-state index >= 15 is 0 Å². The molecule has 2 unspecified atom stereocenters. The molecule has 0 rings (SSSR count). The van der Waals surface area contributed by atoms with Crippen LogP contribution in [0.5, 0.6) is 0 Å². The van der Waals surface area contributed by atoms with E-state index < -0.39 is 11.9 Å². The first-order chi connectivity index (χ1) is 15.1. The minimum atomic E-state index is -0.891. The van der Waals surface area contributed by atoms with E-state index in [1.165, 1.54) is 83.5 Å². The Bertz CT molecular complexity index is 347. The molecule has 0 aromatic rings. The van der Waals surface area contributed by atoms with Gasteiger partial charge in [-0.15, -0.1) is 0 Å². The molecule has 0 spiro atoms. The van der Waals surface area contributed by atoms with Crippen molar-refractivity contribution in [1.82, 2.24) is 0 Å². The van der Waals surface area contributed by atoms with Crippen LogP contribution in [0.2, 0.25) is 0 Å². The topological polar surface area (TPSA) is 68.2 Å². The maximum absolute atomic E-state index is 9.46. The monoisotopic (exact) mass is 445 g/mol. The lowest BCUT2D eigenvalue weighted by atomic mass is 10.0. The van der Waals surface area contributed by atoms with Crippen molar-refractivity contribution in [3.63, 3.8) is 0 Å². The molecule has 5 nitrogen and oxygen atoms in total. The molecule has 0 aromatic heterocycles. The van der Waals surface area contributed by atoms with Crippen LogP contribution in [0.3, 0.4) is 0 Å². The quantitative estimate of drug-likeness (QED) is 0.129. The lowest BCUT2D eigenvalue weighted by molar-refractivity contribution is -0.237. The molecule has 0 bridgehead atoms. The molecule has 0 fully saturated rings. The number of ether oxygens (including phenoxy) is 3. The average Bonchev–Trinajstić information content (AvgIpc) is 2.80. The second-order valence-corrected chi connectivity index (χ2v) is 8.82. The minimum absolute atomic E-state index is 0.0414. The number of aliphatic hydroxyl groups is 2. The highest BCUT2D eigenvalue weighted by Gasteiger charge is 2.29. The molecule has 0 amide bonds. The summed E-state index contributed by atoms with van der Waals surface area (Å²) in [5.41, 5.74) is 0. The van der Waals surface area contributed by atoms with Gasteiger partial charge in [0.05, 0.1) is 13.2 Å². The van der Waals surface area contributed by atoms with Crippen molar-refractivity contribution in [2.24, 2.45) is 0 Å². The van der Waals surface area contributed by atoms with Crippen molar-refractivity contribution in [2.75, 3.05) is 33.5 Å². The molecule has 187 valence electrons. The third-order valence-electron chi connectivity index (χ3n) is 5.99. The smallest absolute Gasteiger partial charge is 0.168 e. The Labute approximate surface area is 193 Å². The Hall–Kier alpha value is -0.200. The van der Waals surface area contributed by atoms with Crippen molar-refractivity contribution in [2.45, 2.75) is 128 Å². The van der Waals surface area contributed by atoms with Crippen LogP contribution in [0.25, 0.3) is 0 Å².